The number of nitrogens with one attached hydrogen (secondary N) is 1. The van der Waals surface area contributed by atoms with Crippen molar-refractivity contribution in [3.05, 3.63) is 90.0 Å². The van der Waals surface area contributed by atoms with Crippen molar-refractivity contribution < 1.29 is 22.7 Å². The molecule has 0 aliphatic heterocycles. The lowest BCUT2D eigenvalue weighted by Crippen LogP contribution is -2.26. The number of amides is 1. The molecule has 0 saturated heterocycles. The van der Waals surface area contributed by atoms with Crippen molar-refractivity contribution >= 4 is 21.6 Å². The Kier molecular flexibility index (Phi) is 8.59. The average Bonchev–Trinajstić information content (AvgIpc) is 2.83. The summed E-state index contributed by atoms with van der Waals surface area (Å²) in [5.41, 5.74) is 1.83. The molecular weight excluding hydrogens is 440 g/mol. The number of hydrogen-bond acceptors (Lipinski definition) is 5. The van der Waals surface area contributed by atoms with E-state index in [1.165, 1.54) is 16.4 Å². The van der Waals surface area contributed by atoms with Gasteiger partial charge in [0.15, 0.2) is 0 Å². The van der Waals surface area contributed by atoms with Gasteiger partial charge in [-0.2, -0.15) is 4.31 Å². The van der Waals surface area contributed by atoms with Crippen LogP contribution in [-0.2, 0) is 21.3 Å². The number of carbonyl (C=O) groups is 1. The molecule has 0 fully saturated rings. The van der Waals surface area contributed by atoms with Crippen molar-refractivity contribution in [3.8, 4) is 5.75 Å². The maximum atomic E-state index is 12.9. The third-order valence-corrected chi connectivity index (χ3v) is 6.68. The number of carbonyl (C=O) groups excluding carboxylic acids is 1. The van der Waals surface area contributed by atoms with Gasteiger partial charge in [-0.1, -0.05) is 36.4 Å². The first kappa shape index (κ1) is 24.4. The average molecular weight is 469 g/mol. The van der Waals surface area contributed by atoms with E-state index in [-0.39, 0.29) is 17.3 Å². The van der Waals surface area contributed by atoms with E-state index in [1.54, 1.807) is 43.4 Å². The monoisotopic (exact) mass is 468 g/mol. The van der Waals surface area contributed by atoms with Gasteiger partial charge >= 0.3 is 0 Å². The largest absolute Gasteiger partial charge is 0.491 e. The van der Waals surface area contributed by atoms with Crippen molar-refractivity contribution in [2.45, 2.75) is 18.4 Å². The summed E-state index contributed by atoms with van der Waals surface area (Å²) in [5, 5.41) is 2.78. The third kappa shape index (κ3) is 6.89. The zero-order valence-corrected chi connectivity index (χ0v) is 19.5. The summed E-state index contributed by atoms with van der Waals surface area (Å²) in [4.78, 5) is 12.8. The van der Waals surface area contributed by atoms with Crippen LogP contribution in [0.2, 0.25) is 0 Å². The van der Waals surface area contributed by atoms with Crippen molar-refractivity contribution in [2.24, 2.45) is 0 Å². The molecule has 0 radical (unpaired) electrons. The second-order valence-corrected chi connectivity index (χ2v) is 9.34. The van der Waals surface area contributed by atoms with Crippen LogP contribution in [0.25, 0.3) is 0 Å². The minimum atomic E-state index is -3.66. The first-order valence-corrected chi connectivity index (χ1v) is 12.1. The second-order valence-electron chi connectivity index (χ2n) is 7.30. The molecule has 0 spiro atoms. The predicted octanol–water partition coefficient (Wildman–Crippen LogP) is 4.17. The van der Waals surface area contributed by atoms with Crippen molar-refractivity contribution in [1.82, 2.24) is 4.31 Å². The Labute approximate surface area is 195 Å². The minimum Gasteiger partial charge on any atom is -0.491 e. The molecular formula is C25H28N2O5S. The van der Waals surface area contributed by atoms with Gasteiger partial charge in [0, 0.05) is 31.5 Å². The number of rotatable bonds is 11. The molecule has 8 heteroatoms. The van der Waals surface area contributed by atoms with Crippen molar-refractivity contribution in [1.29, 1.82) is 0 Å². The van der Waals surface area contributed by atoms with Crippen LogP contribution in [-0.4, -0.2) is 45.5 Å². The summed E-state index contributed by atoms with van der Waals surface area (Å²) in [6.45, 7) is 3.67. The summed E-state index contributed by atoms with van der Waals surface area (Å²) >= 11 is 0. The van der Waals surface area contributed by atoms with Crippen LogP contribution in [0, 0.1) is 0 Å². The highest BCUT2D eigenvalue weighted by molar-refractivity contribution is 7.89. The Morgan fingerprint density at radius 2 is 1.67 bits per heavy atom. The molecule has 0 aliphatic rings. The van der Waals surface area contributed by atoms with Gasteiger partial charge in [0.25, 0.3) is 5.91 Å². The summed E-state index contributed by atoms with van der Waals surface area (Å²) in [5.74, 6) is 0.257. The normalized spacial score (nSPS) is 11.4. The van der Waals surface area contributed by atoms with Gasteiger partial charge in [-0.05, 0) is 55.0 Å². The molecule has 1 amide bonds. The number of ether oxygens (including phenoxy) is 2. The van der Waals surface area contributed by atoms with Crippen LogP contribution >= 0.6 is 0 Å². The van der Waals surface area contributed by atoms with E-state index in [0.717, 1.165) is 5.56 Å². The van der Waals surface area contributed by atoms with E-state index in [4.69, 9.17) is 9.47 Å². The SMILES string of the molecule is CCOCCOc1cccc(C(=O)Nc2ccc(S(=O)(=O)N(C)Cc3ccccc3)cc2)c1. The smallest absolute Gasteiger partial charge is 0.255 e. The lowest BCUT2D eigenvalue weighted by atomic mass is 10.2. The van der Waals surface area contributed by atoms with E-state index in [2.05, 4.69) is 5.32 Å². The molecule has 33 heavy (non-hydrogen) atoms. The quantitative estimate of drug-likeness (QED) is 0.427. The topological polar surface area (TPSA) is 84.9 Å². The molecule has 0 saturated carbocycles. The summed E-state index contributed by atoms with van der Waals surface area (Å²) in [7, 11) is -2.12. The Morgan fingerprint density at radius 1 is 0.939 bits per heavy atom. The summed E-state index contributed by atoms with van der Waals surface area (Å²) in [6, 6.07) is 22.3. The summed E-state index contributed by atoms with van der Waals surface area (Å²) in [6.07, 6.45) is 0. The highest BCUT2D eigenvalue weighted by Crippen LogP contribution is 2.20. The summed E-state index contributed by atoms with van der Waals surface area (Å²) < 4.78 is 37.9. The molecule has 3 aromatic carbocycles. The van der Waals surface area contributed by atoms with E-state index >= 15 is 0 Å². The first-order chi connectivity index (χ1) is 15.9. The number of benzene rings is 3. The molecule has 0 aliphatic carbocycles. The van der Waals surface area contributed by atoms with Crippen LogP contribution in [0.15, 0.2) is 83.8 Å². The Hall–Kier alpha value is -3.20. The van der Waals surface area contributed by atoms with Crippen LogP contribution in [0.1, 0.15) is 22.8 Å². The van der Waals surface area contributed by atoms with E-state index in [0.29, 0.717) is 36.8 Å². The molecule has 1 N–H and O–H groups in total. The first-order valence-electron chi connectivity index (χ1n) is 10.6. The van der Waals surface area contributed by atoms with Crippen LogP contribution < -0.4 is 10.1 Å². The highest BCUT2D eigenvalue weighted by atomic mass is 32.2. The van der Waals surface area contributed by atoms with Gasteiger partial charge < -0.3 is 14.8 Å². The maximum absolute atomic E-state index is 12.9. The van der Waals surface area contributed by atoms with Gasteiger partial charge in [0.2, 0.25) is 10.0 Å². The molecule has 3 aromatic rings. The fraction of sp³-hybridized carbons (Fsp3) is 0.240. The lowest BCUT2D eigenvalue weighted by molar-refractivity contribution is 0.102. The standard InChI is InChI=1S/C25H28N2O5S/c1-3-31-16-17-32-23-11-7-10-21(18-23)25(28)26-22-12-14-24(15-13-22)33(29,30)27(2)19-20-8-5-4-6-9-20/h4-15,18H,3,16-17,19H2,1-2H3,(H,26,28). The zero-order valence-electron chi connectivity index (χ0n) is 18.7. The fourth-order valence-corrected chi connectivity index (χ4v) is 4.27. The molecule has 3 rings (SSSR count). The zero-order chi connectivity index (χ0) is 23.7. The van der Waals surface area contributed by atoms with Gasteiger partial charge in [-0.15, -0.1) is 0 Å². The number of anilines is 1. The van der Waals surface area contributed by atoms with Crippen LogP contribution in [0.3, 0.4) is 0 Å². The number of nitrogens with zero attached hydrogens (tertiary/aromatic N) is 1. The van der Waals surface area contributed by atoms with Crippen molar-refractivity contribution in [3.63, 3.8) is 0 Å². The van der Waals surface area contributed by atoms with Gasteiger partial charge in [0.05, 0.1) is 11.5 Å². The van der Waals surface area contributed by atoms with Gasteiger partial charge in [0.1, 0.15) is 12.4 Å². The van der Waals surface area contributed by atoms with Crippen LogP contribution in [0.4, 0.5) is 5.69 Å². The van der Waals surface area contributed by atoms with E-state index in [1.807, 2.05) is 37.3 Å². The third-order valence-electron chi connectivity index (χ3n) is 4.87. The lowest BCUT2D eigenvalue weighted by Gasteiger charge is -2.17. The van der Waals surface area contributed by atoms with E-state index < -0.39 is 10.0 Å². The predicted molar refractivity (Wildman–Crippen MR) is 128 cm³/mol. The minimum absolute atomic E-state index is 0.156. The molecule has 0 unspecified atom stereocenters. The number of sulfonamides is 1. The second kappa shape index (κ2) is 11.6. The molecule has 7 nitrogen and oxygen atoms in total. The Balaban J connectivity index is 1.62. The number of hydrogen-bond donors (Lipinski definition) is 1. The van der Waals surface area contributed by atoms with E-state index in [9.17, 15) is 13.2 Å². The van der Waals surface area contributed by atoms with Gasteiger partial charge in [-0.25, -0.2) is 8.42 Å². The van der Waals surface area contributed by atoms with Gasteiger partial charge in [-0.3, -0.25) is 4.79 Å². The highest BCUT2D eigenvalue weighted by Gasteiger charge is 2.21. The Morgan fingerprint density at radius 3 is 2.36 bits per heavy atom. The van der Waals surface area contributed by atoms with Crippen LogP contribution in [0.5, 0.6) is 5.75 Å². The molecule has 0 aromatic heterocycles. The molecule has 0 bridgehead atoms. The Bertz CT molecular complexity index is 1150. The van der Waals surface area contributed by atoms with Crippen molar-refractivity contribution in [2.75, 3.05) is 32.2 Å². The molecule has 0 heterocycles. The fourth-order valence-electron chi connectivity index (χ4n) is 3.11. The molecule has 174 valence electrons. The molecule has 0 atom stereocenters. The maximum Gasteiger partial charge on any atom is 0.255 e.